The Labute approximate surface area is 98.5 Å². The van der Waals surface area contributed by atoms with Crippen molar-refractivity contribution in [3.05, 3.63) is 35.0 Å². The lowest BCUT2D eigenvalue weighted by Gasteiger charge is -2.11. The van der Waals surface area contributed by atoms with E-state index in [1.807, 2.05) is 0 Å². The normalized spacial score (nSPS) is 19.9. The fraction of sp³-hybridized carbons (Fsp3) is 0.417. The van der Waals surface area contributed by atoms with Gasteiger partial charge in [0.2, 0.25) is 0 Å². The molecule has 0 radical (unpaired) electrons. The molecule has 1 aliphatic heterocycles. The number of rotatable bonds is 2. The van der Waals surface area contributed by atoms with E-state index in [1.54, 1.807) is 29.3 Å². The van der Waals surface area contributed by atoms with Crippen LogP contribution >= 0.6 is 0 Å². The molecule has 17 heavy (non-hydrogen) atoms. The molecule has 1 saturated heterocycles. The van der Waals surface area contributed by atoms with E-state index in [0.717, 1.165) is 18.4 Å². The molecular formula is C12H14N4O. The number of hydrogen-bond acceptors (Lipinski definition) is 4. The number of nitrogens with zero attached hydrogens (tertiary/aromatic N) is 3. The van der Waals surface area contributed by atoms with Crippen molar-refractivity contribution in [1.29, 1.82) is 0 Å². The summed E-state index contributed by atoms with van der Waals surface area (Å²) >= 11 is 0. The molecule has 1 N–H and O–H groups in total. The average Bonchev–Trinajstić information content (AvgIpc) is 2.86. The van der Waals surface area contributed by atoms with Crippen LogP contribution in [-0.4, -0.2) is 27.4 Å². The highest BCUT2D eigenvalue weighted by Gasteiger charge is 2.16. The molecular weight excluding hydrogens is 216 g/mol. The van der Waals surface area contributed by atoms with Gasteiger partial charge in [0.25, 0.3) is 5.56 Å². The Morgan fingerprint density at radius 2 is 2.41 bits per heavy atom. The van der Waals surface area contributed by atoms with Crippen LogP contribution in [-0.2, 0) is 6.54 Å². The lowest BCUT2D eigenvalue weighted by Crippen LogP contribution is -2.33. The molecule has 2 aromatic heterocycles. The molecule has 1 fully saturated rings. The monoisotopic (exact) mass is 230 g/mol. The van der Waals surface area contributed by atoms with Crippen LogP contribution in [0, 0.1) is 0 Å². The summed E-state index contributed by atoms with van der Waals surface area (Å²) in [7, 11) is 0. The number of aromatic nitrogens is 3. The Morgan fingerprint density at radius 3 is 3.24 bits per heavy atom. The lowest BCUT2D eigenvalue weighted by atomic mass is 10.2. The Kier molecular flexibility index (Phi) is 2.60. The Hall–Kier alpha value is -1.75. The molecule has 1 atom stereocenters. The Balaban J connectivity index is 1.99. The summed E-state index contributed by atoms with van der Waals surface area (Å²) in [4.78, 5) is 16.1. The van der Waals surface area contributed by atoms with Crippen molar-refractivity contribution in [1.82, 2.24) is 20.1 Å². The molecule has 88 valence electrons. The van der Waals surface area contributed by atoms with Gasteiger partial charge in [-0.15, -0.1) is 0 Å². The predicted molar refractivity (Wildman–Crippen MR) is 64.8 cm³/mol. The lowest BCUT2D eigenvalue weighted by molar-refractivity contribution is 0.462. The van der Waals surface area contributed by atoms with Crippen molar-refractivity contribution < 1.29 is 0 Å². The van der Waals surface area contributed by atoms with Crippen molar-refractivity contribution in [3.63, 3.8) is 0 Å². The molecule has 3 rings (SSSR count). The van der Waals surface area contributed by atoms with Crippen LogP contribution in [0.2, 0.25) is 0 Å². The van der Waals surface area contributed by atoms with Crippen LogP contribution in [0.1, 0.15) is 12.8 Å². The quantitative estimate of drug-likeness (QED) is 0.818. The van der Waals surface area contributed by atoms with Gasteiger partial charge in [-0.25, -0.2) is 4.68 Å². The van der Waals surface area contributed by atoms with Gasteiger partial charge in [0, 0.05) is 23.8 Å². The van der Waals surface area contributed by atoms with Crippen LogP contribution in [0.25, 0.3) is 10.8 Å². The van der Waals surface area contributed by atoms with Gasteiger partial charge >= 0.3 is 0 Å². The van der Waals surface area contributed by atoms with E-state index >= 15 is 0 Å². The van der Waals surface area contributed by atoms with Crippen LogP contribution in [0.3, 0.4) is 0 Å². The van der Waals surface area contributed by atoms with E-state index in [1.165, 1.54) is 6.42 Å². The molecule has 5 nitrogen and oxygen atoms in total. The molecule has 0 spiro atoms. The van der Waals surface area contributed by atoms with Crippen LogP contribution < -0.4 is 10.9 Å². The summed E-state index contributed by atoms with van der Waals surface area (Å²) in [5.41, 5.74) is -0.0291. The minimum Gasteiger partial charge on any atom is -0.312 e. The molecule has 1 aliphatic rings. The van der Waals surface area contributed by atoms with Crippen LogP contribution in [0.5, 0.6) is 0 Å². The first-order valence-corrected chi connectivity index (χ1v) is 5.88. The molecule has 0 saturated carbocycles. The third-order valence-corrected chi connectivity index (χ3v) is 3.21. The van der Waals surface area contributed by atoms with E-state index in [2.05, 4.69) is 15.4 Å². The average molecular weight is 230 g/mol. The fourth-order valence-electron chi connectivity index (χ4n) is 2.28. The van der Waals surface area contributed by atoms with Gasteiger partial charge in [0.1, 0.15) is 0 Å². The van der Waals surface area contributed by atoms with Crippen molar-refractivity contribution in [2.75, 3.05) is 6.54 Å². The maximum absolute atomic E-state index is 12.2. The third kappa shape index (κ3) is 1.93. The van der Waals surface area contributed by atoms with E-state index in [9.17, 15) is 4.79 Å². The van der Waals surface area contributed by atoms with Crippen molar-refractivity contribution in [3.8, 4) is 0 Å². The van der Waals surface area contributed by atoms with Gasteiger partial charge < -0.3 is 5.32 Å². The number of nitrogens with one attached hydrogen (secondary N) is 1. The zero-order valence-electron chi connectivity index (χ0n) is 9.47. The molecule has 0 amide bonds. The van der Waals surface area contributed by atoms with Gasteiger partial charge in [0.15, 0.2) is 0 Å². The second-order valence-electron chi connectivity index (χ2n) is 4.39. The maximum Gasteiger partial charge on any atom is 0.274 e. The minimum atomic E-state index is -0.0291. The number of fused-ring (bicyclic) bond motifs is 1. The fourth-order valence-corrected chi connectivity index (χ4v) is 2.28. The van der Waals surface area contributed by atoms with Crippen molar-refractivity contribution in [2.45, 2.75) is 25.4 Å². The third-order valence-electron chi connectivity index (χ3n) is 3.21. The first-order valence-electron chi connectivity index (χ1n) is 5.88. The highest BCUT2D eigenvalue weighted by Crippen LogP contribution is 2.08. The van der Waals surface area contributed by atoms with Gasteiger partial charge in [-0.1, -0.05) is 0 Å². The zero-order chi connectivity index (χ0) is 11.7. The van der Waals surface area contributed by atoms with Crippen LogP contribution in [0.15, 0.2) is 29.5 Å². The maximum atomic E-state index is 12.2. The highest BCUT2D eigenvalue weighted by molar-refractivity contribution is 5.79. The molecule has 0 unspecified atom stereocenters. The number of pyridine rings is 1. The second-order valence-corrected chi connectivity index (χ2v) is 4.39. The molecule has 0 bridgehead atoms. The van der Waals surface area contributed by atoms with E-state index in [-0.39, 0.29) is 5.56 Å². The van der Waals surface area contributed by atoms with E-state index in [0.29, 0.717) is 18.0 Å². The topological polar surface area (TPSA) is 59.8 Å². The number of hydrogen-bond donors (Lipinski definition) is 1. The molecule has 0 aliphatic carbocycles. The Bertz CT molecular complexity index is 586. The Morgan fingerprint density at radius 1 is 1.47 bits per heavy atom. The molecule has 3 heterocycles. The zero-order valence-corrected chi connectivity index (χ0v) is 9.47. The molecule has 2 aromatic rings. The van der Waals surface area contributed by atoms with Crippen molar-refractivity contribution in [2.24, 2.45) is 0 Å². The summed E-state index contributed by atoms with van der Waals surface area (Å²) < 4.78 is 1.55. The van der Waals surface area contributed by atoms with E-state index < -0.39 is 0 Å². The SMILES string of the molecule is O=c1c2ccncc2cnn1C[C@H]1CCCN1. The summed E-state index contributed by atoms with van der Waals surface area (Å²) in [6, 6.07) is 2.12. The summed E-state index contributed by atoms with van der Waals surface area (Å²) in [5.74, 6) is 0. The van der Waals surface area contributed by atoms with E-state index in [4.69, 9.17) is 0 Å². The minimum absolute atomic E-state index is 0.0291. The summed E-state index contributed by atoms with van der Waals surface area (Å²) in [6.45, 7) is 1.69. The molecule has 5 heteroatoms. The van der Waals surface area contributed by atoms with Gasteiger partial charge in [-0.2, -0.15) is 5.10 Å². The van der Waals surface area contributed by atoms with Gasteiger partial charge in [0.05, 0.1) is 18.1 Å². The first kappa shape index (κ1) is 10.4. The van der Waals surface area contributed by atoms with Gasteiger partial charge in [-0.3, -0.25) is 9.78 Å². The highest BCUT2D eigenvalue weighted by atomic mass is 16.1. The molecule has 0 aromatic carbocycles. The first-order chi connectivity index (χ1) is 8.34. The smallest absolute Gasteiger partial charge is 0.274 e. The second kappa shape index (κ2) is 4.25. The summed E-state index contributed by atoms with van der Waals surface area (Å²) in [5, 5.41) is 9.05. The predicted octanol–water partition coefficient (Wildman–Crippen LogP) is 0.543. The summed E-state index contributed by atoms with van der Waals surface area (Å²) in [6.07, 6.45) is 7.31. The van der Waals surface area contributed by atoms with Crippen LogP contribution in [0.4, 0.5) is 0 Å². The van der Waals surface area contributed by atoms with Crippen molar-refractivity contribution >= 4 is 10.8 Å². The van der Waals surface area contributed by atoms with Gasteiger partial charge in [-0.05, 0) is 25.5 Å². The largest absolute Gasteiger partial charge is 0.312 e. The standard InChI is InChI=1S/C12H14N4O/c17-12-11-3-5-13-6-9(11)7-15-16(12)8-10-2-1-4-14-10/h3,5-7,10,14H,1-2,4,8H2/t10-/m1/s1.